The Morgan fingerprint density at radius 1 is 1.10 bits per heavy atom. The number of hydrogen-bond acceptors (Lipinski definition) is 4. The van der Waals surface area contributed by atoms with Gasteiger partial charge in [0.15, 0.2) is 5.96 Å². The van der Waals surface area contributed by atoms with Gasteiger partial charge in [0, 0.05) is 32.1 Å². The predicted molar refractivity (Wildman–Crippen MR) is 125 cm³/mol. The molecule has 7 nitrogen and oxygen atoms in total. The number of fused-ring (bicyclic) bond motifs is 1. The minimum Gasteiger partial charge on any atom is -0.497 e. The second-order valence-electron chi connectivity index (χ2n) is 6.42. The predicted octanol–water partition coefficient (Wildman–Crippen LogP) is 2.21. The first kappa shape index (κ1) is 22.8. The quantitative estimate of drug-likeness (QED) is 0.230. The van der Waals surface area contributed by atoms with E-state index in [1.165, 1.54) is 5.56 Å². The molecule has 1 heterocycles. The van der Waals surface area contributed by atoms with Gasteiger partial charge in [-0.3, -0.25) is 9.79 Å². The molecule has 1 atom stereocenters. The molecule has 29 heavy (non-hydrogen) atoms. The second kappa shape index (κ2) is 11.5. The Balaban J connectivity index is 0.00000300. The zero-order chi connectivity index (χ0) is 19.8. The van der Waals surface area contributed by atoms with Crippen molar-refractivity contribution in [2.75, 3.05) is 33.8 Å². The fraction of sp³-hybridized carbons (Fsp3) is 0.333. The highest BCUT2D eigenvalue weighted by atomic mass is 127. The summed E-state index contributed by atoms with van der Waals surface area (Å²) in [6, 6.07) is 15.1. The van der Waals surface area contributed by atoms with Gasteiger partial charge in [-0.15, -0.1) is 24.0 Å². The van der Waals surface area contributed by atoms with E-state index in [1.54, 1.807) is 38.4 Å². The summed E-state index contributed by atoms with van der Waals surface area (Å²) in [6.07, 6.45) is 0.976. The maximum Gasteiger partial charge on any atom is 0.251 e. The number of benzene rings is 2. The highest BCUT2D eigenvalue weighted by Crippen LogP contribution is 2.27. The number of guanidine groups is 1. The molecule has 0 bridgehead atoms. The molecule has 3 N–H and O–H groups in total. The Bertz CT molecular complexity index is 802. The molecule has 0 radical (unpaired) electrons. The van der Waals surface area contributed by atoms with E-state index >= 15 is 0 Å². The highest BCUT2D eigenvalue weighted by Gasteiger charge is 2.22. The maximum absolute atomic E-state index is 12.1. The SMILES string of the molecule is CN=C(NCCNC(=O)c1ccc(OC)cc1)NCC1Cc2ccccc2O1.I. The number of methoxy groups -OCH3 is 1. The molecular formula is C21H27IN4O3. The lowest BCUT2D eigenvalue weighted by atomic mass is 10.1. The number of para-hydroxylation sites is 1. The van der Waals surface area contributed by atoms with Gasteiger partial charge in [0.2, 0.25) is 0 Å². The summed E-state index contributed by atoms with van der Waals surface area (Å²) in [5, 5.41) is 9.33. The van der Waals surface area contributed by atoms with E-state index in [0.717, 1.165) is 17.9 Å². The Labute approximate surface area is 188 Å². The average molecular weight is 510 g/mol. The fourth-order valence-corrected chi connectivity index (χ4v) is 3.00. The second-order valence-corrected chi connectivity index (χ2v) is 6.42. The molecule has 156 valence electrons. The third-order valence-electron chi connectivity index (χ3n) is 4.49. The largest absolute Gasteiger partial charge is 0.497 e. The molecule has 2 aromatic rings. The van der Waals surface area contributed by atoms with Crippen LogP contribution in [0.5, 0.6) is 11.5 Å². The number of nitrogens with zero attached hydrogens (tertiary/aromatic N) is 1. The molecular weight excluding hydrogens is 483 g/mol. The van der Waals surface area contributed by atoms with Crippen molar-refractivity contribution in [2.24, 2.45) is 4.99 Å². The van der Waals surface area contributed by atoms with Crippen LogP contribution in [0, 0.1) is 0 Å². The van der Waals surface area contributed by atoms with E-state index in [9.17, 15) is 4.79 Å². The van der Waals surface area contributed by atoms with Crippen molar-refractivity contribution >= 4 is 35.8 Å². The maximum atomic E-state index is 12.1. The number of nitrogens with one attached hydrogen (secondary N) is 3. The topological polar surface area (TPSA) is 84.0 Å². The normalized spacial score (nSPS) is 14.8. The molecule has 0 fully saturated rings. The van der Waals surface area contributed by atoms with E-state index in [-0.39, 0.29) is 36.0 Å². The third-order valence-corrected chi connectivity index (χ3v) is 4.49. The molecule has 3 rings (SSSR count). The first-order chi connectivity index (χ1) is 13.7. The minimum atomic E-state index is -0.121. The summed E-state index contributed by atoms with van der Waals surface area (Å²) in [5.41, 5.74) is 1.83. The molecule has 0 aliphatic carbocycles. The molecule has 1 amide bonds. The van der Waals surface area contributed by atoms with Gasteiger partial charge in [-0.25, -0.2) is 0 Å². The van der Waals surface area contributed by atoms with Gasteiger partial charge in [0.1, 0.15) is 17.6 Å². The Morgan fingerprint density at radius 3 is 2.52 bits per heavy atom. The van der Waals surface area contributed by atoms with Gasteiger partial charge < -0.3 is 25.4 Å². The highest BCUT2D eigenvalue weighted by molar-refractivity contribution is 14.0. The number of amides is 1. The van der Waals surface area contributed by atoms with Crippen LogP contribution >= 0.6 is 24.0 Å². The lowest BCUT2D eigenvalue weighted by molar-refractivity contribution is 0.0954. The van der Waals surface area contributed by atoms with Crippen LogP contribution in [0.15, 0.2) is 53.5 Å². The van der Waals surface area contributed by atoms with Crippen molar-refractivity contribution in [3.8, 4) is 11.5 Å². The first-order valence-corrected chi connectivity index (χ1v) is 9.31. The van der Waals surface area contributed by atoms with Gasteiger partial charge in [-0.05, 0) is 35.9 Å². The number of hydrogen-bond donors (Lipinski definition) is 3. The molecule has 0 spiro atoms. The van der Waals surface area contributed by atoms with Crippen LogP contribution in [0.1, 0.15) is 15.9 Å². The van der Waals surface area contributed by atoms with Crippen LogP contribution < -0.4 is 25.4 Å². The number of carbonyl (C=O) groups is 1. The van der Waals surface area contributed by atoms with Crippen molar-refractivity contribution in [3.63, 3.8) is 0 Å². The van der Waals surface area contributed by atoms with Crippen LogP contribution in [0.3, 0.4) is 0 Å². The van der Waals surface area contributed by atoms with E-state index in [1.807, 2.05) is 18.2 Å². The number of aliphatic imine (C=N–C) groups is 1. The van der Waals surface area contributed by atoms with Crippen LogP contribution in [-0.2, 0) is 6.42 Å². The Morgan fingerprint density at radius 2 is 1.83 bits per heavy atom. The molecule has 1 aliphatic rings. The Hall–Kier alpha value is -2.49. The van der Waals surface area contributed by atoms with Crippen LogP contribution in [0.4, 0.5) is 0 Å². The molecule has 8 heteroatoms. The zero-order valence-corrected chi connectivity index (χ0v) is 18.9. The van der Waals surface area contributed by atoms with Gasteiger partial charge in [0.25, 0.3) is 5.91 Å². The van der Waals surface area contributed by atoms with Crippen LogP contribution in [0.25, 0.3) is 0 Å². The number of rotatable bonds is 7. The molecule has 0 saturated heterocycles. The van der Waals surface area contributed by atoms with Crippen molar-refractivity contribution in [1.82, 2.24) is 16.0 Å². The summed E-state index contributed by atoms with van der Waals surface area (Å²) < 4.78 is 11.0. The Kier molecular flexibility index (Phi) is 9.04. The summed E-state index contributed by atoms with van der Waals surface area (Å²) in [5.74, 6) is 2.24. The summed E-state index contributed by atoms with van der Waals surface area (Å²) in [7, 11) is 3.31. The van der Waals surface area contributed by atoms with Crippen molar-refractivity contribution in [3.05, 3.63) is 59.7 Å². The first-order valence-electron chi connectivity index (χ1n) is 9.31. The number of halogens is 1. The average Bonchev–Trinajstić information content (AvgIpc) is 3.16. The summed E-state index contributed by atoms with van der Waals surface area (Å²) >= 11 is 0. The molecule has 0 aromatic heterocycles. The lowest BCUT2D eigenvalue weighted by Crippen LogP contribution is -2.44. The van der Waals surface area contributed by atoms with Gasteiger partial charge in [0.05, 0.1) is 13.7 Å². The van der Waals surface area contributed by atoms with Crippen LogP contribution in [0.2, 0.25) is 0 Å². The van der Waals surface area contributed by atoms with E-state index in [4.69, 9.17) is 9.47 Å². The molecule has 2 aromatic carbocycles. The van der Waals surface area contributed by atoms with Gasteiger partial charge in [-0.1, -0.05) is 18.2 Å². The molecule has 1 aliphatic heterocycles. The summed E-state index contributed by atoms with van der Waals surface area (Å²) in [6.45, 7) is 1.71. The number of ether oxygens (including phenoxy) is 2. The van der Waals surface area contributed by atoms with Gasteiger partial charge in [-0.2, -0.15) is 0 Å². The molecule has 1 unspecified atom stereocenters. The van der Waals surface area contributed by atoms with Crippen molar-refractivity contribution < 1.29 is 14.3 Å². The standard InChI is InChI=1S/C21H26N4O3.HI/c1-22-21(25-14-18-13-16-5-3-4-6-19(16)28-18)24-12-11-23-20(26)15-7-9-17(27-2)10-8-15;/h3-10,18H,11-14H2,1-2H3,(H,23,26)(H2,22,24,25);1H. The van der Waals surface area contributed by atoms with Crippen molar-refractivity contribution in [1.29, 1.82) is 0 Å². The number of carbonyl (C=O) groups excluding carboxylic acids is 1. The summed E-state index contributed by atoms with van der Waals surface area (Å²) in [4.78, 5) is 16.3. The van der Waals surface area contributed by atoms with Crippen LogP contribution in [-0.4, -0.2) is 51.8 Å². The lowest BCUT2D eigenvalue weighted by Gasteiger charge is -2.15. The van der Waals surface area contributed by atoms with E-state index < -0.39 is 0 Å². The smallest absolute Gasteiger partial charge is 0.251 e. The fourth-order valence-electron chi connectivity index (χ4n) is 3.00. The van der Waals surface area contributed by atoms with E-state index in [2.05, 4.69) is 27.0 Å². The molecule has 0 saturated carbocycles. The third kappa shape index (κ3) is 6.52. The monoisotopic (exact) mass is 510 g/mol. The van der Waals surface area contributed by atoms with Gasteiger partial charge >= 0.3 is 0 Å². The van der Waals surface area contributed by atoms with E-state index in [0.29, 0.717) is 31.2 Å². The zero-order valence-electron chi connectivity index (χ0n) is 16.6. The van der Waals surface area contributed by atoms with Crippen molar-refractivity contribution in [2.45, 2.75) is 12.5 Å². The minimum absolute atomic E-state index is 0.